The van der Waals surface area contributed by atoms with Gasteiger partial charge in [-0.05, 0) is 12.5 Å². The van der Waals surface area contributed by atoms with E-state index in [9.17, 15) is 0 Å². The summed E-state index contributed by atoms with van der Waals surface area (Å²) < 4.78 is 0. The van der Waals surface area contributed by atoms with Gasteiger partial charge >= 0.3 is 0 Å². The maximum atomic E-state index is 4.78. The van der Waals surface area contributed by atoms with Crippen LogP contribution in [0.1, 0.15) is 11.1 Å². The number of hydrogen-bond acceptors (Lipinski definition) is 2. The fraction of sp³-hybridized carbons (Fsp3) is 0.214. The van der Waals surface area contributed by atoms with Crippen LogP contribution in [0.2, 0.25) is 0 Å². The van der Waals surface area contributed by atoms with E-state index in [0.717, 1.165) is 0 Å². The number of thioether (sulfide) groups is 1. The Balaban J connectivity index is 1.96. The molecule has 1 heterocycles. The number of hydrogen-bond donors (Lipinski definition) is 0. The highest BCUT2D eigenvalue weighted by Crippen LogP contribution is 2.34. The molecule has 0 N–H and O–H groups in total. The Hall–Kier alpha value is -1.28. The Morgan fingerprint density at radius 3 is 2.75 bits per heavy atom. The largest absolute Gasteiger partial charge is 0.269 e. The quantitative estimate of drug-likeness (QED) is 0.716. The first kappa shape index (κ1) is 9.91. The smallest absolute Gasteiger partial charge is 0.0994 e. The van der Waals surface area contributed by atoms with Crippen LogP contribution >= 0.6 is 11.8 Å². The molecule has 1 aliphatic heterocycles. The van der Waals surface area contributed by atoms with E-state index in [4.69, 9.17) is 4.99 Å². The maximum absolute atomic E-state index is 4.78. The lowest BCUT2D eigenvalue weighted by atomic mass is 10.1. The van der Waals surface area contributed by atoms with E-state index in [2.05, 4.69) is 55.5 Å². The zero-order valence-electron chi connectivity index (χ0n) is 9.13. The topological polar surface area (TPSA) is 12.4 Å². The average molecular weight is 227 g/mol. The van der Waals surface area contributed by atoms with Gasteiger partial charge in [-0.2, -0.15) is 0 Å². The van der Waals surface area contributed by atoms with E-state index in [1.165, 1.54) is 16.2 Å². The van der Waals surface area contributed by atoms with Gasteiger partial charge < -0.3 is 0 Å². The van der Waals surface area contributed by atoms with Crippen LogP contribution in [-0.2, 0) is 0 Å². The number of allylic oxidation sites excluding steroid dienone is 2. The van der Waals surface area contributed by atoms with E-state index in [1.54, 1.807) is 0 Å². The van der Waals surface area contributed by atoms with Gasteiger partial charge in [-0.25, -0.2) is 0 Å². The highest BCUT2D eigenvalue weighted by atomic mass is 32.2. The molecule has 0 saturated carbocycles. The summed E-state index contributed by atoms with van der Waals surface area (Å²) in [5, 5.41) is 1.68. The molecule has 0 aromatic heterocycles. The summed E-state index contributed by atoms with van der Waals surface area (Å²) in [5.41, 5.74) is 2.59. The van der Waals surface area contributed by atoms with Crippen molar-refractivity contribution in [3.05, 3.63) is 59.7 Å². The predicted octanol–water partition coefficient (Wildman–Crippen LogP) is 3.35. The molecule has 2 atom stereocenters. The van der Waals surface area contributed by atoms with Crippen molar-refractivity contribution in [3.63, 3.8) is 0 Å². The Labute approximate surface area is 100.0 Å². The number of rotatable bonds is 1. The van der Waals surface area contributed by atoms with Crippen molar-refractivity contribution in [1.82, 2.24) is 0 Å². The van der Waals surface area contributed by atoms with Gasteiger partial charge in [0.05, 0.1) is 16.3 Å². The van der Waals surface area contributed by atoms with Gasteiger partial charge in [-0.3, -0.25) is 4.99 Å². The molecule has 0 fully saturated rings. The summed E-state index contributed by atoms with van der Waals surface area (Å²) in [6.45, 7) is 2.14. The predicted molar refractivity (Wildman–Crippen MR) is 71.2 cm³/mol. The molecular weight excluding hydrogens is 214 g/mol. The molecule has 1 nitrogen and oxygen atoms in total. The number of fused-ring (bicyclic) bond motifs is 1. The normalized spacial score (nSPS) is 26.7. The molecule has 2 unspecified atom stereocenters. The molecule has 0 saturated heterocycles. The molecule has 2 aliphatic rings. The summed E-state index contributed by atoms with van der Waals surface area (Å²) in [6, 6.07) is 8.80. The SMILES string of the molecule is Cc1ccccc1C1=NC2C=CC=CC2S1. The van der Waals surface area contributed by atoms with Gasteiger partial charge in [0.1, 0.15) is 0 Å². The van der Waals surface area contributed by atoms with Gasteiger partial charge in [0.2, 0.25) is 0 Å². The molecule has 16 heavy (non-hydrogen) atoms. The zero-order chi connectivity index (χ0) is 11.0. The Bertz CT molecular complexity index is 499. The monoisotopic (exact) mass is 227 g/mol. The van der Waals surface area contributed by atoms with Gasteiger partial charge in [0, 0.05) is 5.56 Å². The molecule has 0 spiro atoms. The van der Waals surface area contributed by atoms with Crippen molar-refractivity contribution in [3.8, 4) is 0 Å². The molecular formula is C14H13NS. The number of aliphatic imine (C=N–C) groups is 1. The Kier molecular flexibility index (Phi) is 2.44. The van der Waals surface area contributed by atoms with Crippen molar-refractivity contribution < 1.29 is 0 Å². The molecule has 2 heteroatoms. The molecule has 1 aromatic carbocycles. The highest BCUT2D eigenvalue weighted by molar-refractivity contribution is 8.15. The molecule has 1 aliphatic carbocycles. The first-order valence-corrected chi connectivity index (χ1v) is 6.38. The summed E-state index contributed by atoms with van der Waals surface area (Å²) in [5.74, 6) is 0. The molecule has 1 aromatic rings. The molecule has 0 amide bonds. The van der Waals surface area contributed by atoms with Gasteiger partial charge in [-0.1, -0.05) is 60.3 Å². The minimum absolute atomic E-state index is 0.338. The van der Waals surface area contributed by atoms with Crippen LogP contribution in [-0.4, -0.2) is 16.3 Å². The van der Waals surface area contributed by atoms with Crippen LogP contribution in [0, 0.1) is 6.92 Å². The minimum atomic E-state index is 0.338. The summed E-state index contributed by atoms with van der Waals surface area (Å²) in [7, 11) is 0. The standard InChI is InChI=1S/C14H13NS/c1-10-6-2-3-7-11(10)14-15-12-8-4-5-9-13(12)16-14/h2-9,12-13H,1H3. The maximum Gasteiger partial charge on any atom is 0.0994 e. The molecule has 80 valence electrons. The van der Waals surface area contributed by atoms with Crippen LogP contribution in [0.3, 0.4) is 0 Å². The van der Waals surface area contributed by atoms with E-state index in [-0.39, 0.29) is 0 Å². The minimum Gasteiger partial charge on any atom is -0.269 e. The lowest BCUT2D eigenvalue weighted by Crippen LogP contribution is -2.13. The fourth-order valence-electron chi connectivity index (χ4n) is 2.04. The second kappa shape index (κ2) is 3.95. The lowest BCUT2D eigenvalue weighted by molar-refractivity contribution is 0.862. The van der Waals surface area contributed by atoms with E-state index < -0.39 is 0 Å². The van der Waals surface area contributed by atoms with Crippen molar-refractivity contribution in [2.75, 3.05) is 0 Å². The van der Waals surface area contributed by atoms with Crippen LogP contribution < -0.4 is 0 Å². The molecule has 3 rings (SSSR count). The van der Waals surface area contributed by atoms with Crippen molar-refractivity contribution in [2.45, 2.75) is 18.2 Å². The third-order valence-electron chi connectivity index (χ3n) is 2.95. The summed E-state index contributed by atoms with van der Waals surface area (Å²) in [6.07, 6.45) is 8.63. The average Bonchev–Trinajstić information content (AvgIpc) is 2.73. The first-order valence-electron chi connectivity index (χ1n) is 5.50. The van der Waals surface area contributed by atoms with E-state index >= 15 is 0 Å². The third kappa shape index (κ3) is 1.63. The van der Waals surface area contributed by atoms with Crippen LogP contribution in [0.15, 0.2) is 53.6 Å². The van der Waals surface area contributed by atoms with Gasteiger partial charge in [0.25, 0.3) is 0 Å². The van der Waals surface area contributed by atoms with E-state index in [0.29, 0.717) is 11.3 Å². The second-order valence-corrected chi connectivity index (χ2v) is 5.26. The fourth-order valence-corrected chi connectivity index (χ4v) is 3.30. The van der Waals surface area contributed by atoms with Crippen LogP contribution in [0.25, 0.3) is 0 Å². The van der Waals surface area contributed by atoms with Crippen LogP contribution in [0.4, 0.5) is 0 Å². The van der Waals surface area contributed by atoms with Crippen molar-refractivity contribution >= 4 is 16.8 Å². The summed E-state index contributed by atoms with van der Waals surface area (Å²) in [4.78, 5) is 4.78. The summed E-state index contributed by atoms with van der Waals surface area (Å²) >= 11 is 1.87. The third-order valence-corrected chi connectivity index (χ3v) is 4.20. The van der Waals surface area contributed by atoms with Gasteiger partial charge in [0.15, 0.2) is 0 Å². The van der Waals surface area contributed by atoms with Crippen molar-refractivity contribution in [1.29, 1.82) is 0 Å². The number of benzene rings is 1. The van der Waals surface area contributed by atoms with Gasteiger partial charge in [-0.15, -0.1) is 0 Å². The van der Waals surface area contributed by atoms with E-state index in [1.807, 2.05) is 11.8 Å². The highest BCUT2D eigenvalue weighted by Gasteiger charge is 2.28. The van der Waals surface area contributed by atoms with Crippen molar-refractivity contribution in [2.24, 2.45) is 4.99 Å². The lowest BCUT2D eigenvalue weighted by Gasteiger charge is -2.11. The van der Waals surface area contributed by atoms with Crippen LogP contribution in [0.5, 0.6) is 0 Å². The Morgan fingerprint density at radius 1 is 1.12 bits per heavy atom. The number of aryl methyl sites for hydroxylation is 1. The first-order chi connectivity index (χ1) is 7.84. The second-order valence-electron chi connectivity index (χ2n) is 4.09. The Morgan fingerprint density at radius 2 is 1.94 bits per heavy atom. The molecule has 0 radical (unpaired) electrons. The zero-order valence-corrected chi connectivity index (χ0v) is 9.95. The number of nitrogens with zero attached hydrogens (tertiary/aromatic N) is 1. The molecule has 0 bridgehead atoms.